The lowest BCUT2D eigenvalue weighted by molar-refractivity contribution is -0.716. The minimum absolute atomic E-state index is 0.913. The summed E-state index contributed by atoms with van der Waals surface area (Å²) in [4.78, 5) is 1.29. The van der Waals surface area contributed by atoms with Gasteiger partial charge in [-0.25, -0.2) is 4.90 Å². The lowest BCUT2D eigenvalue weighted by atomic mass is 10.1. The monoisotopic (exact) mass is 254 g/mol. The third-order valence-corrected chi connectivity index (χ3v) is 3.72. The van der Waals surface area contributed by atoms with E-state index in [1.165, 1.54) is 22.1 Å². The molecule has 0 radical (unpaired) electrons. The molecule has 0 spiro atoms. The van der Waals surface area contributed by atoms with E-state index in [2.05, 4.69) is 55.1 Å². The maximum absolute atomic E-state index is 5.49. The van der Waals surface area contributed by atoms with Crippen molar-refractivity contribution >= 4 is 17.2 Å². The van der Waals surface area contributed by atoms with Gasteiger partial charge in [0.2, 0.25) is 5.69 Å². The summed E-state index contributed by atoms with van der Waals surface area (Å²) >= 11 is 0. The van der Waals surface area contributed by atoms with Gasteiger partial charge in [-0.2, -0.15) is 0 Å². The zero-order valence-corrected chi connectivity index (χ0v) is 11.5. The van der Waals surface area contributed by atoms with Gasteiger partial charge in [-0.05, 0) is 12.1 Å². The van der Waals surface area contributed by atoms with Gasteiger partial charge in [0.1, 0.15) is 18.4 Å². The Morgan fingerprint density at radius 2 is 1.68 bits per heavy atom. The van der Waals surface area contributed by atoms with Gasteiger partial charge >= 0.3 is 5.84 Å². The van der Waals surface area contributed by atoms with Gasteiger partial charge in [0.05, 0.1) is 14.2 Å². The summed E-state index contributed by atoms with van der Waals surface area (Å²) in [7, 11) is 6.00. The van der Waals surface area contributed by atoms with E-state index in [4.69, 9.17) is 4.74 Å². The standard InChI is InChI=1S/C16H17N2O/c1-17-13-9-5-6-10-14(13)18(2)16(17)12-8-4-7-11-15(12)19-3/h4-11H,1-3H3/q+1/p+1. The Hall–Kier alpha value is -2.13. The molecule has 0 fully saturated rings. The summed E-state index contributed by atoms with van der Waals surface area (Å²) in [5.41, 5.74) is 3.69. The molecule has 0 saturated carbocycles. The number of nitrogens with zero attached hydrogens (tertiary/aromatic N) is 1. The predicted octanol–water partition coefficient (Wildman–Crippen LogP) is 1.58. The fourth-order valence-electron chi connectivity index (χ4n) is 2.81. The SMILES string of the molecule is COc1ccccc1C1=[N+](C)c2ccccc2[NH+]1C. The molecule has 2 aromatic carbocycles. The topological polar surface area (TPSA) is 16.7 Å². The average Bonchev–Trinajstić information content (AvgIpc) is 2.71. The number of hydrogen-bond acceptors (Lipinski definition) is 1. The first-order valence-corrected chi connectivity index (χ1v) is 6.41. The van der Waals surface area contributed by atoms with Crippen molar-refractivity contribution < 1.29 is 14.2 Å². The molecule has 0 amide bonds. The number of para-hydroxylation sites is 3. The third-order valence-electron chi connectivity index (χ3n) is 3.72. The normalized spacial score (nSPS) is 17.5. The Labute approximate surface area is 113 Å². The van der Waals surface area contributed by atoms with E-state index in [1.54, 1.807) is 7.11 Å². The molecular weight excluding hydrogens is 236 g/mol. The van der Waals surface area contributed by atoms with Crippen molar-refractivity contribution in [3.8, 4) is 5.75 Å². The van der Waals surface area contributed by atoms with Crippen LogP contribution < -0.4 is 9.64 Å². The summed E-state index contributed by atoms with van der Waals surface area (Å²) in [6.45, 7) is 0. The first-order valence-electron chi connectivity index (χ1n) is 6.41. The zero-order valence-electron chi connectivity index (χ0n) is 11.5. The molecule has 0 saturated heterocycles. The van der Waals surface area contributed by atoms with E-state index >= 15 is 0 Å². The van der Waals surface area contributed by atoms with Crippen LogP contribution in [0.1, 0.15) is 5.56 Å². The second-order valence-corrected chi connectivity index (χ2v) is 4.75. The summed E-state index contributed by atoms with van der Waals surface area (Å²) in [6, 6.07) is 16.7. The van der Waals surface area contributed by atoms with Crippen LogP contribution in [-0.4, -0.2) is 31.6 Å². The van der Waals surface area contributed by atoms with Crippen molar-refractivity contribution in [3.63, 3.8) is 0 Å². The van der Waals surface area contributed by atoms with E-state index in [0.717, 1.165) is 11.3 Å². The Bertz CT molecular complexity index is 661. The summed E-state index contributed by atoms with van der Waals surface area (Å²) < 4.78 is 7.73. The molecule has 19 heavy (non-hydrogen) atoms. The lowest BCUT2D eigenvalue weighted by Gasteiger charge is -2.08. The molecule has 1 N–H and O–H groups in total. The summed E-state index contributed by atoms with van der Waals surface area (Å²) in [5, 5.41) is 0. The molecule has 1 atom stereocenters. The van der Waals surface area contributed by atoms with Crippen molar-refractivity contribution in [1.29, 1.82) is 0 Å². The highest BCUT2D eigenvalue weighted by molar-refractivity contribution is 5.95. The average molecular weight is 254 g/mol. The minimum atomic E-state index is 0.913. The fourth-order valence-corrected chi connectivity index (χ4v) is 2.81. The van der Waals surface area contributed by atoms with Crippen LogP contribution in [0.5, 0.6) is 5.75 Å². The van der Waals surface area contributed by atoms with Crippen LogP contribution >= 0.6 is 0 Å². The number of quaternary nitrogens is 1. The first kappa shape index (κ1) is 11.9. The maximum Gasteiger partial charge on any atom is 0.383 e. The highest BCUT2D eigenvalue weighted by Crippen LogP contribution is 2.26. The molecule has 1 aliphatic heterocycles. The van der Waals surface area contributed by atoms with Crippen LogP contribution in [0, 0.1) is 0 Å². The predicted molar refractivity (Wildman–Crippen MR) is 75.9 cm³/mol. The highest BCUT2D eigenvalue weighted by atomic mass is 16.5. The number of fused-ring (bicyclic) bond motifs is 1. The highest BCUT2D eigenvalue weighted by Gasteiger charge is 2.40. The maximum atomic E-state index is 5.49. The van der Waals surface area contributed by atoms with Crippen LogP contribution in [0.2, 0.25) is 0 Å². The molecule has 1 unspecified atom stereocenters. The van der Waals surface area contributed by atoms with E-state index < -0.39 is 0 Å². The molecular formula is C16H18N2O+2. The van der Waals surface area contributed by atoms with E-state index in [9.17, 15) is 0 Å². The van der Waals surface area contributed by atoms with Crippen LogP contribution in [-0.2, 0) is 0 Å². The Morgan fingerprint density at radius 3 is 2.42 bits per heavy atom. The van der Waals surface area contributed by atoms with Crippen molar-refractivity contribution in [1.82, 2.24) is 0 Å². The number of nitrogens with one attached hydrogen (secondary N) is 1. The number of hydrogen-bond donors (Lipinski definition) is 1. The van der Waals surface area contributed by atoms with Crippen molar-refractivity contribution in [2.75, 3.05) is 21.2 Å². The fraction of sp³-hybridized carbons (Fsp3) is 0.188. The second kappa shape index (κ2) is 4.52. The number of methoxy groups -OCH3 is 1. The molecule has 2 aromatic rings. The summed E-state index contributed by atoms with van der Waals surface area (Å²) in [6.07, 6.45) is 0. The van der Waals surface area contributed by atoms with Gasteiger partial charge in [0.25, 0.3) is 5.69 Å². The quantitative estimate of drug-likeness (QED) is 0.805. The van der Waals surface area contributed by atoms with E-state index in [0.29, 0.717) is 0 Å². The van der Waals surface area contributed by atoms with Crippen LogP contribution in [0.4, 0.5) is 11.4 Å². The van der Waals surface area contributed by atoms with Crippen LogP contribution in [0.25, 0.3) is 0 Å². The molecule has 3 nitrogen and oxygen atoms in total. The van der Waals surface area contributed by atoms with Crippen LogP contribution in [0.15, 0.2) is 48.5 Å². The number of benzene rings is 2. The smallest absolute Gasteiger partial charge is 0.383 e. The Kier molecular flexibility index (Phi) is 2.84. The van der Waals surface area contributed by atoms with Gasteiger partial charge in [-0.3, -0.25) is 0 Å². The Balaban J connectivity index is 2.20. The van der Waals surface area contributed by atoms with E-state index in [-0.39, 0.29) is 0 Å². The van der Waals surface area contributed by atoms with Gasteiger partial charge in [-0.15, -0.1) is 4.58 Å². The first-order chi connectivity index (χ1) is 9.24. The molecule has 3 rings (SSSR count). The van der Waals surface area contributed by atoms with Gasteiger partial charge in [0, 0.05) is 12.1 Å². The molecule has 0 bridgehead atoms. The second-order valence-electron chi connectivity index (χ2n) is 4.75. The number of rotatable bonds is 2. The molecule has 1 heterocycles. The van der Waals surface area contributed by atoms with Crippen molar-refractivity contribution in [2.45, 2.75) is 0 Å². The molecule has 0 aromatic heterocycles. The Morgan fingerprint density at radius 1 is 1.00 bits per heavy atom. The zero-order chi connectivity index (χ0) is 13.4. The van der Waals surface area contributed by atoms with Crippen molar-refractivity contribution in [3.05, 3.63) is 54.1 Å². The van der Waals surface area contributed by atoms with Gasteiger partial charge in [0.15, 0.2) is 0 Å². The van der Waals surface area contributed by atoms with Crippen LogP contribution in [0.3, 0.4) is 0 Å². The largest absolute Gasteiger partial charge is 0.496 e. The number of amidine groups is 1. The van der Waals surface area contributed by atoms with Gasteiger partial charge < -0.3 is 4.74 Å². The minimum Gasteiger partial charge on any atom is -0.496 e. The third kappa shape index (κ3) is 1.74. The number of ether oxygens (including phenoxy) is 1. The lowest BCUT2D eigenvalue weighted by Crippen LogP contribution is -3.06. The van der Waals surface area contributed by atoms with E-state index in [1.807, 2.05) is 12.1 Å². The molecule has 0 aliphatic carbocycles. The molecule has 1 aliphatic rings. The summed E-state index contributed by atoms with van der Waals surface area (Å²) in [5.74, 6) is 2.13. The molecule has 96 valence electrons. The molecule has 3 heteroatoms. The van der Waals surface area contributed by atoms with Gasteiger partial charge in [-0.1, -0.05) is 24.3 Å². The van der Waals surface area contributed by atoms with Crippen molar-refractivity contribution in [2.24, 2.45) is 0 Å².